The lowest BCUT2D eigenvalue weighted by Crippen LogP contribution is -2.26. The van der Waals surface area contributed by atoms with Crippen molar-refractivity contribution in [3.05, 3.63) is 24.0 Å². The maximum Gasteiger partial charge on any atom is 0.242 e. The number of sulfonamides is 1. The van der Waals surface area contributed by atoms with Crippen molar-refractivity contribution in [2.75, 3.05) is 39.2 Å². The molecule has 21 heavy (non-hydrogen) atoms. The van der Waals surface area contributed by atoms with Crippen molar-refractivity contribution in [3.8, 4) is 0 Å². The number of anilines is 1. The normalized spacial score (nSPS) is 11.7. The monoisotopic (exact) mass is 320 g/mol. The van der Waals surface area contributed by atoms with Gasteiger partial charge in [0.2, 0.25) is 10.0 Å². The first-order valence-electron chi connectivity index (χ1n) is 6.59. The number of nitrogen functional groups attached to an aromatic ring is 1. The van der Waals surface area contributed by atoms with Gasteiger partial charge >= 0.3 is 0 Å². The number of nitrogens with one attached hydrogen (secondary N) is 1. The third kappa shape index (κ3) is 6.38. The maximum atomic E-state index is 12.9. The zero-order chi connectivity index (χ0) is 15.7. The van der Waals surface area contributed by atoms with E-state index in [9.17, 15) is 12.8 Å². The Bertz CT molecular complexity index is 537. The van der Waals surface area contributed by atoms with E-state index in [4.69, 9.17) is 15.2 Å². The van der Waals surface area contributed by atoms with Gasteiger partial charge in [0.05, 0.1) is 18.9 Å². The van der Waals surface area contributed by atoms with Crippen LogP contribution < -0.4 is 10.5 Å². The van der Waals surface area contributed by atoms with E-state index in [0.29, 0.717) is 26.2 Å². The average molecular weight is 320 g/mol. The zero-order valence-corrected chi connectivity index (χ0v) is 12.8. The number of methoxy groups -OCH3 is 1. The van der Waals surface area contributed by atoms with E-state index >= 15 is 0 Å². The lowest BCUT2D eigenvalue weighted by molar-refractivity contribution is 0.0689. The summed E-state index contributed by atoms with van der Waals surface area (Å²) in [6.07, 6.45) is 1.36. The molecule has 0 aliphatic heterocycles. The highest BCUT2D eigenvalue weighted by Crippen LogP contribution is 2.18. The molecule has 0 spiro atoms. The summed E-state index contributed by atoms with van der Waals surface area (Å²) in [5.41, 5.74) is 5.41. The molecule has 1 aromatic carbocycles. The lowest BCUT2D eigenvalue weighted by Gasteiger charge is -2.09. The second kappa shape index (κ2) is 8.93. The number of hydrogen-bond donors (Lipinski definition) is 2. The van der Waals surface area contributed by atoms with Gasteiger partial charge in [-0.05, 0) is 31.0 Å². The molecule has 0 aliphatic rings. The van der Waals surface area contributed by atoms with Crippen molar-refractivity contribution in [2.24, 2.45) is 0 Å². The van der Waals surface area contributed by atoms with Crippen LogP contribution in [0.25, 0.3) is 0 Å². The first-order chi connectivity index (χ1) is 9.97. The largest absolute Gasteiger partial charge is 0.398 e. The number of benzene rings is 1. The Hall–Kier alpha value is -1.22. The molecule has 3 N–H and O–H groups in total. The van der Waals surface area contributed by atoms with E-state index in [2.05, 4.69) is 4.72 Å². The molecule has 0 saturated heterocycles. The molecule has 0 fully saturated rings. The Labute approximate surface area is 124 Å². The van der Waals surface area contributed by atoms with Gasteiger partial charge in [0.15, 0.2) is 0 Å². The fraction of sp³-hybridized carbons (Fsp3) is 0.538. The van der Waals surface area contributed by atoms with Gasteiger partial charge in [-0.2, -0.15) is 0 Å². The van der Waals surface area contributed by atoms with E-state index in [0.717, 1.165) is 24.6 Å². The molecule has 0 atom stereocenters. The number of hydrogen-bond acceptors (Lipinski definition) is 5. The van der Waals surface area contributed by atoms with Crippen molar-refractivity contribution >= 4 is 15.7 Å². The van der Waals surface area contributed by atoms with E-state index < -0.39 is 15.8 Å². The Morgan fingerprint density at radius 2 is 2.00 bits per heavy atom. The third-order valence-corrected chi connectivity index (χ3v) is 4.24. The molecule has 0 radical (unpaired) electrons. The smallest absolute Gasteiger partial charge is 0.242 e. The predicted molar refractivity (Wildman–Crippen MR) is 77.9 cm³/mol. The summed E-state index contributed by atoms with van der Waals surface area (Å²) in [7, 11) is -2.12. The molecule has 0 aromatic heterocycles. The number of unbranched alkanes of at least 4 members (excludes halogenated alkanes) is 1. The van der Waals surface area contributed by atoms with Crippen molar-refractivity contribution in [1.29, 1.82) is 0 Å². The van der Waals surface area contributed by atoms with Crippen LogP contribution in [0.1, 0.15) is 12.8 Å². The first-order valence-corrected chi connectivity index (χ1v) is 8.07. The minimum absolute atomic E-state index is 0.106. The Morgan fingerprint density at radius 1 is 1.24 bits per heavy atom. The highest BCUT2D eigenvalue weighted by atomic mass is 32.2. The third-order valence-electron chi connectivity index (χ3n) is 2.70. The highest BCUT2D eigenvalue weighted by Gasteiger charge is 2.16. The van der Waals surface area contributed by atoms with Crippen molar-refractivity contribution in [3.63, 3.8) is 0 Å². The van der Waals surface area contributed by atoms with E-state index in [1.54, 1.807) is 7.11 Å². The minimum Gasteiger partial charge on any atom is -0.398 e. The molecule has 120 valence electrons. The van der Waals surface area contributed by atoms with Gasteiger partial charge in [0.1, 0.15) is 10.7 Å². The molecule has 0 aliphatic carbocycles. The van der Waals surface area contributed by atoms with Gasteiger partial charge in [0.25, 0.3) is 0 Å². The van der Waals surface area contributed by atoms with Gasteiger partial charge in [0, 0.05) is 20.3 Å². The van der Waals surface area contributed by atoms with Crippen LogP contribution in [0.2, 0.25) is 0 Å². The summed E-state index contributed by atoms with van der Waals surface area (Å²) in [6.45, 7) is 1.88. The second-order valence-corrected chi connectivity index (χ2v) is 6.13. The fourth-order valence-electron chi connectivity index (χ4n) is 1.62. The SMILES string of the molecule is COCCOCCCCNS(=O)(=O)c1ccc(F)cc1N. The molecule has 6 nitrogen and oxygen atoms in total. The van der Waals surface area contributed by atoms with Crippen LogP contribution in [-0.4, -0.2) is 41.9 Å². The van der Waals surface area contributed by atoms with Crippen LogP contribution in [0.15, 0.2) is 23.1 Å². The van der Waals surface area contributed by atoms with Crippen LogP contribution in [0.4, 0.5) is 10.1 Å². The van der Waals surface area contributed by atoms with Crippen LogP contribution in [0, 0.1) is 5.82 Å². The number of halogens is 1. The summed E-state index contributed by atoms with van der Waals surface area (Å²) >= 11 is 0. The van der Waals surface area contributed by atoms with E-state index in [-0.39, 0.29) is 17.1 Å². The van der Waals surface area contributed by atoms with E-state index in [1.165, 1.54) is 0 Å². The van der Waals surface area contributed by atoms with Gasteiger partial charge in [-0.1, -0.05) is 0 Å². The molecular formula is C13H21FN2O4S. The van der Waals surface area contributed by atoms with Crippen molar-refractivity contribution < 1.29 is 22.3 Å². The molecule has 0 unspecified atom stereocenters. The molecule has 8 heteroatoms. The molecule has 0 bridgehead atoms. The summed E-state index contributed by atoms with van der Waals surface area (Å²) in [6, 6.07) is 3.20. The van der Waals surface area contributed by atoms with Gasteiger partial charge in [-0.15, -0.1) is 0 Å². The summed E-state index contributed by atoms with van der Waals surface area (Å²) < 4.78 is 49.4. The van der Waals surface area contributed by atoms with Gasteiger partial charge in [-0.3, -0.25) is 0 Å². The Balaban J connectivity index is 2.33. The molecule has 1 rings (SSSR count). The fourth-order valence-corrected chi connectivity index (χ4v) is 2.81. The van der Waals surface area contributed by atoms with Gasteiger partial charge < -0.3 is 15.2 Å². The van der Waals surface area contributed by atoms with Crippen molar-refractivity contribution in [2.45, 2.75) is 17.7 Å². The molecule has 0 saturated carbocycles. The zero-order valence-electron chi connectivity index (χ0n) is 12.0. The standard InChI is InChI=1S/C13H21FN2O4S/c1-19-8-9-20-7-3-2-6-16-21(17,18)13-5-4-11(14)10-12(13)15/h4-5,10,16H,2-3,6-9,15H2,1H3. The number of ether oxygens (including phenoxy) is 2. The minimum atomic E-state index is -3.71. The molecule has 0 amide bonds. The van der Waals surface area contributed by atoms with Crippen LogP contribution in [0.5, 0.6) is 0 Å². The van der Waals surface area contributed by atoms with Crippen LogP contribution in [0.3, 0.4) is 0 Å². The Kier molecular flexibility index (Phi) is 7.58. The van der Waals surface area contributed by atoms with Crippen LogP contribution >= 0.6 is 0 Å². The summed E-state index contributed by atoms with van der Waals surface area (Å²) in [5, 5.41) is 0. The first kappa shape index (κ1) is 17.8. The highest BCUT2D eigenvalue weighted by molar-refractivity contribution is 7.89. The predicted octanol–water partition coefficient (Wildman–Crippen LogP) is 1.13. The maximum absolute atomic E-state index is 12.9. The summed E-state index contributed by atoms with van der Waals surface area (Å²) in [5.74, 6) is -0.570. The van der Waals surface area contributed by atoms with Crippen LogP contribution in [-0.2, 0) is 19.5 Å². The topological polar surface area (TPSA) is 90.6 Å². The van der Waals surface area contributed by atoms with Crippen molar-refractivity contribution in [1.82, 2.24) is 4.72 Å². The van der Waals surface area contributed by atoms with Gasteiger partial charge in [-0.25, -0.2) is 17.5 Å². The van der Waals surface area contributed by atoms with E-state index in [1.807, 2.05) is 0 Å². The average Bonchev–Trinajstić information content (AvgIpc) is 2.41. The molecule has 0 heterocycles. The second-order valence-electron chi connectivity index (χ2n) is 4.39. The summed E-state index contributed by atoms with van der Waals surface area (Å²) in [4.78, 5) is -0.111. The Morgan fingerprint density at radius 3 is 2.67 bits per heavy atom. The molecular weight excluding hydrogens is 299 g/mol. The molecule has 1 aromatic rings. The quantitative estimate of drug-likeness (QED) is 0.498. The number of nitrogens with two attached hydrogens (primary N) is 1. The number of rotatable bonds is 10. The lowest BCUT2D eigenvalue weighted by atomic mass is 10.3.